The van der Waals surface area contributed by atoms with E-state index in [4.69, 9.17) is 5.11 Å². The molecule has 1 unspecified atom stereocenters. The number of rotatable bonds is 5. The molecule has 0 heterocycles. The summed E-state index contributed by atoms with van der Waals surface area (Å²) in [6, 6.07) is 3.33. The van der Waals surface area contributed by atoms with Gasteiger partial charge in [0.2, 0.25) is 5.83 Å². The van der Waals surface area contributed by atoms with Crippen LogP contribution in [-0.4, -0.2) is 18.2 Å². The smallest absolute Gasteiger partial charge is 0.419 e. The molecule has 7 heteroatoms. The molecule has 1 rings (SSSR count). The molecule has 1 aromatic carbocycles. The molecule has 0 fully saturated rings. The number of hydrogen-bond donors (Lipinski definition) is 1. The Morgan fingerprint density at radius 1 is 1.43 bits per heavy atom. The third-order valence-corrected chi connectivity index (χ3v) is 2.95. The molecule has 116 valence electrons. The molecule has 0 radical (unpaired) electrons. The minimum Gasteiger partial charge on any atom is -0.496 e. The summed E-state index contributed by atoms with van der Waals surface area (Å²) in [5.41, 5.74) is -0.813. The normalized spacial score (nSPS) is 13.9. The van der Waals surface area contributed by atoms with Crippen molar-refractivity contribution in [2.45, 2.75) is 25.4 Å². The number of allylic oxidation sites excluding steroid dienone is 1. The van der Waals surface area contributed by atoms with E-state index in [0.717, 1.165) is 25.3 Å². The van der Waals surface area contributed by atoms with Crippen LogP contribution in [0.25, 0.3) is 0 Å². The monoisotopic (exact) mass is 306 g/mol. The lowest BCUT2D eigenvalue weighted by Crippen LogP contribution is -2.09. The Balaban J connectivity index is 3.30. The Morgan fingerprint density at radius 3 is 2.48 bits per heavy atom. The van der Waals surface area contributed by atoms with Crippen molar-refractivity contribution < 1.29 is 32.2 Å². The largest absolute Gasteiger partial charge is 0.496 e. The van der Waals surface area contributed by atoms with Crippen molar-refractivity contribution in [2.75, 3.05) is 7.11 Å². The molecule has 0 aliphatic heterocycles. The van der Waals surface area contributed by atoms with Crippen LogP contribution in [-0.2, 0) is 11.0 Å². The van der Waals surface area contributed by atoms with Gasteiger partial charge in [-0.1, -0.05) is 13.0 Å². The third-order valence-electron chi connectivity index (χ3n) is 2.95. The third kappa shape index (κ3) is 4.21. The van der Waals surface area contributed by atoms with Gasteiger partial charge in [-0.05, 0) is 30.2 Å². The summed E-state index contributed by atoms with van der Waals surface area (Å²) in [7, 11) is 1.12. The van der Waals surface area contributed by atoms with E-state index in [-0.39, 0.29) is 17.7 Å². The topological polar surface area (TPSA) is 46.5 Å². The van der Waals surface area contributed by atoms with Gasteiger partial charge in [0.1, 0.15) is 5.75 Å². The van der Waals surface area contributed by atoms with Gasteiger partial charge in [0, 0.05) is 5.92 Å². The van der Waals surface area contributed by atoms with E-state index in [1.54, 1.807) is 6.92 Å². The fourth-order valence-electron chi connectivity index (χ4n) is 1.88. The van der Waals surface area contributed by atoms with Gasteiger partial charge in [-0.2, -0.15) is 17.6 Å². The summed E-state index contributed by atoms with van der Waals surface area (Å²) in [6.07, 6.45) is -3.57. The summed E-state index contributed by atoms with van der Waals surface area (Å²) >= 11 is 0. The summed E-state index contributed by atoms with van der Waals surface area (Å²) in [5.74, 6) is -4.26. The maximum Gasteiger partial charge on any atom is 0.419 e. The lowest BCUT2D eigenvalue weighted by Gasteiger charge is -2.16. The van der Waals surface area contributed by atoms with Crippen LogP contribution >= 0.6 is 0 Å². The summed E-state index contributed by atoms with van der Waals surface area (Å²) in [6.45, 7) is 1.62. The van der Waals surface area contributed by atoms with Crippen molar-refractivity contribution in [2.24, 2.45) is 0 Å². The van der Waals surface area contributed by atoms with Gasteiger partial charge in [0.25, 0.3) is 0 Å². The van der Waals surface area contributed by atoms with E-state index in [0.29, 0.717) is 0 Å². The second kappa shape index (κ2) is 6.60. The van der Waals surface area contributed by atoms with Crippen molar-refractivity contribution in [3.05, 3.63) is 41.2 Å². The summed E-state index contributed by atoms with van der Waals surface area (Å²) < 4.78 is 56.5. The molecular formula is C14H14F4O3. The first-order valence-electron chi connectivity index (χ1n) is 6.06. The Kier molecular flexibility index (Phi) is 5.34. The van der Waals surface area contributed by atoms with Crippen molar-refractivity contribution in [3.8, 4) is 5.75 Å². The van der Waals surface area contributed by atoms with Gasteiger partial charge >= 0.3 is 12.1 Å². The van der Waals surface area contributed by atoms with E-state index in [9.17, 15) is 22.4 Å². The molecule has 0 aromatic heterocycles. The van der Waals surface area contributed by atoms with Crippen LogP contribution in [0.15, 0.2) is 30.1 Å². The van der Waals surface area contributed by atoms with Gasteiger partial charge in [-0.3, -0.25) is 0 Å². The number of halogens is 4. The van der Waals surface area contributed by atoms with E-state index in [1.165, 1.54) is 6.07 Å². The second-order valence-electron chi connectivity index (χ2n) is 4.29. The molecule has 1 N–H and O–H groups in total. The second-order valence-corrected chi connectivity index (χ2v) is 4.29. The molecular weight excluding hydrogens is 292 g/mol. The number of methoxy groups -OCH3 is 1. The quantitative estimate of drug-likeness (QED) is 0.657. The van der Waals surface area contributed by atoms with Gasteiger partial charge in [-0.25, -0.2) is 4.79 Å². The Morgan fingerprint density at radius 2 is 2.05 bits per heavy atom. The number of benzene rings is 1. The van der Waals surface area contributed by atoms with Crippen molar-refractivity contribution >= 4 is 5.97 Å². The summed E-state index contributed by atoms with van der Waals surface area (Å²) in [5, 5.41) is 8.50. The van der Waals surface area contributed by atoms with E-state index in [1.807, 2.05) is 0 Å². The van der Waals surface area contributed by atoms with Gasteiger partial charge < -0.3 is 9.84 Å². The number of aliphatic carboxylic acids is 1. The number of carboxylic acids is 1. The lowest BCUT2D eigenvalue weighted by molar-refractivity contribution is -0.139. The van der Waals surface area contributed by atoms with Gasteiger partial charge in [0.15, 0.2) is 0 Å². The average Bonchev–Trinajstić information content (AvgIpc) is 2.42. The van der Waals surface area contributed by atoms with Crippen LogP contribution < -0.4 is 4.74 Å². The summed E-state index contributed by atoms with van der Waals surface area (Å²) in [4.78, 5) is 10.5. The molecule has 21 heavy (non-hydrogen) atoms. The van der Waals surface area contributed by atoms with Crippen molar-refractivity contribution in [3.63, 3.8) is 0 Å². The van der Waals surface area contributed by atoms with Gasteiger partial charge in [-0.15, -0.1) is 0 Å². The first kappa shape index (κ1) is 17.0. The molecule has 3 nitrogen and oxygen atoms in total. The van der Waals surface area contributed by atoms with Crippen LogP contribution in [0.3, 0.4) is 0 Å². The molecule has 1 atom stereocenters. The lowest BCUT2D eigenvalue weighted by atomic mass is 9.93. The Bertz CT molecular complexity index is 550. The number of alkyl halides is 3. The number of hydrogen-bond acceptors (Lipinski definition) is 2. The maximum atomic E-state index is 13.1. The van der Waals surface area contributed by atoms with Gasteiger partial charge in [0.05, 0.1) is 12.7 Å². The molecule has 1 aromatic rings. The van der Waals surface area contributed by atoms with E-state index < -0.39 is 29.5 Å². The molecule has 0 aliphatic carbocycles. The predicted molar refractivity (Wildman–Crippen MR) is 67.9 cm³/mol. The number of carbonyl (C=O) groups is 1. The minimum atomic E-state index is -4.62. The highest BCUT2D eigenvalue weighted by molar-refractivity contribution is 5.84. The van der Waals surface area contributed by atoms with Crippen molar-refractivity contribution in [1.82, 2.24) is 0 Å². The highest BCUT2D eigenvalue weighted by atomic mass is 19.4. The molecule has 0 spiro atoms. The molecule has 0 saturated heterocycles. The Labute approximate surface area is 118 Å². The fraction of sp³-hybridized carbons (Fsp3) is 0.357. The Hall–Kier alpha value is -2.05. The van der Waals surface area contributed by atoms with Crippen molar-refractivity contribution in [1.29, 1.82) is 0 Å². The zero-order valence-corrected chi connectivity index (χ0v) is 11.4. The minimum absolute atomic E-state index is 0.169. The van der Waals surface area contributed by atoms with Crippen LogP contribution in [0.2, 0.25) is 0 Å². The number of carboxylic acid groups (broad SMARTS) is 1. The average molecular weight is 306 g/mol. The SMILES string of the molecule is CCC(C=C(F)C(=O)O)c1ccc(OC)c(C(F)(F)F)c1. The standard InChI is InChI=1S/C14H14F4O3/c1-3-8(7-11(15)13(19)20)9-4-5-12(21-2)10(6-9)14(16,17)18/h4-8H,3H2,1-2H3,(H,19,20). The van der Waals surface area contributed by atoms with Crippen LogP contribution in [0.5, 0.6) is 5.75 Å². The molecule has 0 saturated carbocycles. The predicted octanol–water partition coefficient (Wildman–Crippen LogP) is 4.15. The molecule has 0 aliphatic rings. The maximum absolute atomic E-state index is 13.1. The van der Waals surface area contributed by atoms with E-state index in [2.05, 4.69) is 4.74 Å². The number of ether oxygens (including phenoxy) is 1. The first-order valence-corrected chi connectivity index (χ1v) is 6.06. The first-order chi connectivity index (χ1) is 9.70. The van der Waals surface area contributed by atoms with Crippen LogP contribution in [0.4, 0.5) is 17.6 Å². The fourth-order valence-corrected chi connectivity index (χ4v) is 1.88. The van der Waals surface area contributed by atoms with Crippen LogP contribution in [0.1, 0.15) is 30.4 Å². The van der Waals surface area contributed by atoms with E-state index >= 15 is 0 Å². The highest BCUT2D eigenvalue weighted by Gasteiger charge is 2.34. The zero-order valence-electron chi connectivity index (χ0n) is 11.4. The molecule has 0 amide bonds. The zero-order chi connectivity index (χ0) is 16.2. The molecule has 0 bridgehead atoms. The van der Waals surface area contributed by atoms with Crippen LogP contribution in [0, 0.1) is 0 Å². The highest BCUT2D eigenvalue weighted by Crippen LogP contribution is 2.38.